The number of allylic oxidation sites excluding steroid dienone is 4. The molecule has 9 nitrogen and oxygen atoms in total. The molecule has 6 aliphatic rings. The van der Waals surface area contributed by atoms with Gasteiger partial charge in [0.15, 0.2) is 0 Å². The zero-order chi connectivity index (χ0) is 29.9. The first kappa shape index (κ1) is 30.9. The maximum atomic E-state index is 13.7. The highest BCUT2D eigenvalue weighted by atomic mass is 16.6. The lowest BCUT2D eigenvalue weighted by atomic mass is 9.58. The summed E-state index contributed by atoms with van der Waals surface area (Å²) in [5.74, 6) is 1.76. The second-order valence-corrected chi connectivity index (χ2v) is 14.7. The number of nitrogens with zero attached hydrogens (tertiary/aromatic N) is 3. The number of amides is 1. The van der Waals surface area contributed by atoms with Crippen LogP contribution in [0.25, 0.3) is 0 Å². The van der Waals surface area contributed by atoms with Crippen molar-refractivity contribution in [1.29, 1.82) is 0 Å². The maximum Gasteiger partial charge on any atom is 0.226 e. The number of hydrogen-bond donors (Lipinski definition) is 3. The van der Waals surface area contributed by atoms with Crippen molar-refractivity contribution in [3.63, 3.8) is 0 Å². The number of hydrogen-bond acceptors (Lipinski definition) is 7. The molecule has 1 heterocycles. The van der Waals surface area contributed by atoms with Crippen LogP contribution in [0.4, 0.5) is 0 Å². The number of carbonyl (C=O) groups excluding carboxylic acids is 1. The average molecular weight is 596 g/mol. The lowest BCUT2D eigenvalue weighted by molar-refractivity contribution is -0.526. The van der Waals surface area contributed by atoms with Gasteiger partial charge in [0.1, 0.15) is 6.04 Å². The van der Waals surface area contributed by atoms with Gasteiger partial charge < -0.3 is 15.7 Å². The molecule has 11 atom stereocenters. The Morgan fingerprint density at radius 3 is 2.53 bits per heavy atom. The number of aliphatic hydroxyl groups excluding tert-OH is 1. The van der Waals surface area contributed by atoms with E-state index in [-0.39, 0.29) is 34.9 Å². The Labute approximate surface area is 257 Å². The highest BCUT2D eigenvalue weighted by Crippen LogP contribution is 2.53. The number of rotatable bonds is 7. The summed E-state index contributed by atoms with van der Waals surface area (Å²) in [5.41, 5.74) is 0. The van der Waals surface area contributed by atoms with E-state index in [0.29, 0.717) is 49.1 Å². The van der Waals surface area contributed by atoms with Crippen molar-refractivity contribution < 1.29 is 14.8 Å². The molecule has 0 bridgehead atoms. The largest absolute Gasteiger partial charge is 0.390 e. The van der Waals surface area contributed by atoms with Crippen molar-refractivity contribution in [1.82, 2.24) is 10.6 Å². The van der Waals surface area contributed by atoms with Crippen LogP contribution in [-0.2, 0) is 4.79 Å². The van der Waals surface area contributed by atoms with Crippen molar-refractivity contribution in [2.45, 2.75) is 146 Å². The molecular weight excluding hydrogens is 542 g/mol. The van der Waals surface area contributed by atoms with E-state index in [2.05, 4.69) is 34.9 Å². The van der Waals surface area contributed by atoms with Crippen LogP contribution >= 0.6 is 0 Å². The first-order valence-corrected chi connectivity index (χ1v) is 17.5. The van der Waals surface area contributed by atoms with Crippen LogP contribution in [0.1, 0.15) is 103 Å². The predicted octanol–water partition coefficient (Wildman–Crippen LogP) is 5.76. The summed E-state index contributed by atoms with van der Waals surface area (Å²) in [6.45, 7) is 2.03. The van der Waals surface area contributed by atoms with Gasteiger partial charge in [0.2, 0.25) is 11.9 Å². The lowest BCUT2D eigenvalue weighted by Crippen LogP contribution is -2.60. The number of azo groups is 1. The zero-order valence-electron chi connectivity index (χ0n) is 25.9. The van der Waals surface area contributed by atoms with Crippen LogP contribution < -0.4 is 10.6 Å². The summed E-state index contributed by atoms with van der Waals surface area (Å²) in [5, 5.41) is 40.4. The van der Waals surface area contributed by atoms with E-state index in [1.807, 2.05) is 6.92 Å². The van der Waals surface area contributed by atoms with Gasteiger partial charge in [-0.05, 0) is 101 Å². The Kier molecular flexibility index (Phi) is 9.97. The van der Waals surface area contributed by atoms with E-state index < -0.39 is 18.1 Å². The van der Waals surface area contributed by atoms with Crippen molar-refractivity contribution in [3.05, 3.63) is 34.4 Å². The molecule has 5 saturated carbocycles. The molecule has 43 heavy (non-hydrogen) atoms. The third kappa shape index (κ3) is 6.77. The fraction of sp³-hybridized carbons (Fsp3) is 0.853. The van der Waals surface area contributed by atoms with Crippen molar-refractivity contribution >= 4 is 5.91 Å². The van der Waals surface area contributed by atoms with E-state index in [1.165, 1.54) is 32.1 Å². The quantitative estimate of drug-likeness (QED) is 0.149. The zero-order valence-corrected chi connectivity index (χ0v) is 25.9. The normalized spacial score (nSPS) is 45.1. The lowest BCUT2D eigenvalue weighted by Gasteiger charge is -2.50. The summed E-state index contributed by atoms with van der Waals surface area (Å²) >= 11 is 0. The Balaban J connectivity index is 1.18. The Hall–Kier alpha value is -2.13. The molecule has 11 unspecified atom stereocenters. The average Bonchev–Trinajstić information content (AvgIpc) is 3.40. The highest BCUT2D eigenvalue weighted by Gasteiger charge is 2.57. The molecule has 0 radical (unpaired) electrons. The van der Waals surface area contributed by atoms with Gasteiger partial charge in [-0.3, -0.25) is 14.9 Å². The van der Waals surface area contributed by atoms with Gasteiger partial charge in [0.25, 0.3) is 0 Å². The van der Waals surface area contributed by atoms with Crippen LogP contribution in [0, 0.1) is 45.6 Å². The Morgan fingerprint density at radius 2 is 1.74 bits per heavy atom. The summed E-state index contributed by atoms with van der Waals surface area (Å²) in [6.07, 6.45) is 22.4. The van der Waals surface area contributed by atoms with Crippen molar-refractivity contribution in [2.24, 2.45) is 45.7 Å². The molecule has 0 aromatic carbocycles. The summed E-state index contributed by atoms with van der Waals surface area (Å²) in [7, 11) is 0. The number of nitrogens with one attached hydrogen (secondary N) is 2. The SMILES string of the molecule is C/C=C/C=C/C1CCC(N=NC2C(O)C(C(=O)NC3CCCC([N+](=O)[O-])C3)CC3CCC4C5CCCCC5NC4C32)CC1. The van der Waals surface area contributed by atoms with Gasteiger partial charge >= 0.3 is 0 Å². The third-order valence-corrected chi connectivity index (χ3v) is 12.2. The van der Waals surface area contributed by atoms with Crippen LogP contribution in [0.3, 0.4) is 0 Å². The minimum atomic E-state index is -0.886. The summed E-state index contributed by atoms with van der Waals surface area (Å²) < 4.78 is 0. The first-order chi connectivity index (χ1) is 20.9. The molecule has 6 fully saturated rings. The highest BCUT2D eigenvalue weighted by molar-refractivity contribution is 5.80. The van der Waals surface area contributed by atoms with Crippen LogP contribution in [0.5, 0.6) is 0 Å². The van der Waals surface area contributed by atoms with Gasteiger partial charge in [-0.25, -0.2) is 0 Å². The number of nitro groups is 1. The van der Waals surface area contributed by atoms with E-state index in [0.717, 1.165) is 50.9 Å². The van der Waals surface area contributed by atoms with Crippen molar-refractivity contribution in [3.8, 4) is 0 Å². The molecular formula is C34H53N5O4. The van der Waals surface area contributed by atoms with Gasteiger partial charge in [-0.15, -0.1) is 0 Å². The predicted molar refractivity (Wildman–Crippen MR) is 166 cm³/mol. The second kappa shape index (κ2) is 13.9. The molecule has 5 aliphatic carbocycles. The first-order valence-electron chi connectivity index (χ1n) is 17.5. The van der Waals surface area contributed by atoms with Crippen molar-refractivity contribution in [2.75, 3.05) is 0 Å². The molecule has 0 spiro atoms. The van der Waals surface area contributed by atoms with Gasteiger partial charge in [-0.2, -0.15) is 10.2 Å². The Morgan fingerprint density at radius 1 is 0.930 bits per heavy atom. The number of aliphatic hydroxyl groups is 1. The molecule has 0 aromatic rings. The Bertz CT molecular complexity index is 1070. The molecule has 3 N–H and O–H groups in total. The topological polar surface area (TPSA) is 129 Å². The van der Waals surface area contributed by atoms with Gasteiger partial charge in [0.05, 0.1) is 18.1 Å². The minimum Gasteiger partial charge on any atom is -0.390 e. The number of fused-ring (bicyclic) bond motifs is 5. The standard InChI is InChI=1S/C34H53N5O4/c1-2-3-4-8-21-13-16-23(17-14-21)37-38-32-30-22(15-18-27-26-11-5-6-12-29(26)36-31(27)30)19-28(33(32)40)34(41)35-24-9-7-10-25(20-24)39(42)43/h2-4,8,21-33,36,40H,5-7,9-20H2,1H3,(H,35,41)/b3-2+,8-4+,38-37?. The van der Waals surface area contributed by atoms with Gasteiger partial charge in [0, 0.05) is 41.8 Å². The molecule has 0 aromatic heterocycles. The maximum absolute atomic E-state index is 13.7. The van der Waals surface area contributed by atoms with E-state index in [1.54, 1.807) is 0 Å². The van der Waals surface area contributed by atoms with Gasteiger partial charge in [-0.1, -0.05) is 37.1 Å². The summed E-state index contributed by atoms with van der Waals surface area (Å²) in [6, 6.07) is -0.103. The molecule has 1 amide bonds. The van der Waals surface area contributed by atoms with E-state index in [4.69, 9.17) is 10.2 Å². The van der Waals surface area contributed by atoms with Crippen LogP contribution in [-0.4, -0.2) is 58.3 Å². The molecule has 9 heteroatoms. The molecule has 1 saturated heterocycles. The monoisotopic (exact) mass is 595 g/mol. The van der Waals surface area contributed by atoms with E-state index >= 15 is 0 Å². The smallest absolute Gasteiger partial charge is 0.226 e. The van der Waals surface area contributed by atoms with Crippen LogP contribution in [0.15, 0.2) is 34.5 Å². The van der Waals surface area contributed by atoms with E-state index in [9.17, 15) is 20.0 Å². The second-order valence-electron chi connectivity index (χ2n) is 14.7. The fourth-order valence-electron chi connectivity index (χ4n) is 10.0. The summed E-state index contributed by atoms with van der Waals surface area (Å²) in [4.78, 5) is 24.9. The number of carbonyl (C=O) groups is 1. The molecule has 238 valence electrons. The molecule has 1 aliphatic heterocycles. The minimum absolute atomic E-state index is 0.149. The molecule has 6 rings (SSSR count). The fourth-order valence-corrected chi connectivity index (χ4v) is 10.0. The van der Waals surface area contributed by atoms with Crippen LogP contribution in [0.2, 0.25) is 0 Å². The third-order valence-electron chi connectivity index (χ3n) is 12.2.